The number of thiocarbonyl (C=S) groups is 4. The summed E-state index contributed by atoms with van der Waals surface area (Å²) in [6.45, 7) is 29.1. The van der Waals surface area contributed by atoms with E-state index in [1.54, 1.807) is 47.9 Å². The lowest BCUT2D eigenvalue weighted by Crippen LogP contribution is -2.28. The first kappa shape index (κ1) is 84.9. The van der Waals surface area contributed by atoms with Crippen molar-refractivity contribution in [3.8, 4) is 5.75 Å². The number of likely N-dealkylation sites (N-methyl/N-ethyl adjacent to an activating group) is 3. The summed E-state index contributed by atoms with van der Waals surface area (Å²) < 4.78 is 49.4. The lowest BCUT2D eigenvalue weighted by molar-refractivity contribution is -0.123. The standard InChI is InChI=1S/C22H21N3O4S2.C19H20N2O2S.C16H16N2O3S.C12H16N2OS3.C10H12N2OS3/c1-4-24-18-7-5-6-8-19(18)30-20(24)13-14(2)21-15(3)23-25(22(21)26)16-9-11-17(12-10-16)31(27,28)29;1-5-12-21-17(22)15(23-18(21)24)10-11-16-19(2,3)13-8-6-7-9-14(13)20(16)4;1-3-17-11-7-5-6-8-12(11)20-14(17)10-9-13-15(19)18(4-2)16(22)21-13;1-4-14-11(15)9(18-12(14)16)5-6-10-13(3)7-8(2)17-10;1-6-5-12(2)8(15-6)4-3-7-9(13)11-10(14)16-7/h5-13H,4H2,1-3H3,(H,27,28,29);5-11H,1,12H2,2-4H3;5-10H,3-4H2,1-2H3;5-6,8H,4,7H2,1-3H3;3-4,6H,5H2,1-2H3,(H,11,13,14)/b20-13-,21-14-;15-10+,16-11+;13-9+,14-10-;9-5+,10-6-;7-3+,8-4-. The third-order valence-corrected chi connectivity index (χ3v) is 25.8. The average molecular weight is 1690 g/mol. The molecule has 582 valence electrons. The number of anilines is 4. The summed E-state index contributed by atoms with van der Waals surface area (Å²) in [6.07, 6.45) is 18.4. The van der Waals surface area contributed by atoms with E-state index in [4.69, 9.17) is 67.6 Å². The van der Waals surface area contributed by atoms with E-state index in [2.05, 4.69) is 110 Å². The van der Waals surface area contributed by atoms with Crippen molar-refractivity contribution in [1.82, 2.24) is 29.8 Å². The summed E-state index contributed by atoms with van der Waals surface area (Å²) in [5.74, 6) is 1.13. The van der Waals surface area contributed by atoms with Crippen molar-refractivity contribution >= 4 is 195 Å². The van der Waals surface area contributed by atoms with Gasteiger partial charge in [-0.2, -0.15) is 18.5 Å². The molecule has 4 aromatic rings. The second kappa shape index (κ2) is 37.0. The summed E-state index contributed by atoms with van der Waals surface area (Å²) in [5.41, 5.74) is 7.88. The van der Waals surface area contributed by atoms with Gasteiger partial charge in [0.05, 0.1) is 58.1 Å². The first-order valence-electron chi connectivity index (χ1n) is 35.3. The van der Waals surface area contributed by atoms with E-state index in [0.717, 1.165) is 64.5 Å². The molecule has 10 aliphatic rings. The molecule has 2 unspecified atom stereocenters. The monoisotopic (exact) mass is 1680 g/mol. The number of carbonyl (C=O) groups excluding carboxylic acids is 5. The lowest BCUT2D eigenvalue weighted by atomic mass is 9.84. The molecule has 0 aliphatic carbocycles. The third-order valence-electron chi connectivity index (χ3n) is 18.2. The van der Waals surface area contributed by atoms with Gasteiger partial charge in [-0.3, -0.25) is 43.2 Å². The zero-order valence-electron chi connectivity index (χ0n) is 63.4. The van der Waals surface area contributed by atoms with E-state index in [9.17, 15) is 32.4 Å². The predicted molar refractivity (Wildman–Crippen MR) is 468 cm³/mol. The Kier molecular flexibility index (Phi) is 28.3. The molecule has 22 nitrogen and oxygen atoms in total. The highest BCUT2D eigenvalue weighted by Crippen LogP contribution is 2.48. The maximum absolute atomic E-state index is 13.1. The number of carbonyl (C=O) groups is 5. The van der Waals surface area contributed by atoms with Crippen LogP contribution in [-0.4, -0.2) is 169 Å². The van der Waals surface area contributed by atoms with E-state index >= 15 is 0 Å². The van der Waals surface area contributed by atoms with Crippen LogP contribution < -0.4 is 29.8 Å². The third kappa shape index (κ3) is 19.4. The zero-order chi connectivity index (χ0) is 80.5. The summed E-state index contributed by atoms with van der Waals surface area (Å²) in [4.78, 5) is 78.5. The lowest BCUT2D eigenvalue weighted by Gasteiger charge is -2.23. The van der Waals surface area contributed by atoms with Gasteiger partial charge < -0.3 is 44.0 Å². The largest absolute Gasteiger partial charge is 0.439 e. The Morgan fingerprint density at radius 3 is 1.71 bits per heavy atom. The van der Waals surface area contributed by atoms with Crippen molar-refractivity contribution in [2.45, 2.75) is 94.9 Å². The van der Waals surface area contributed by atoms with Crippen molar-refractivity contribution in [3.05, 3.63) is 229 Å². The van der Waals surface area contributed by atoms with Gasteiger partial charge in [0.1, 0.15) is 8.64 Å². The molecule has 32 heteroatoms. The highest BCUT2D eigenvalue weighted by molar-refractivity contribution is 8.27. The van der Waals surface area contributed by atoms with Crippen molar-refractivity contribution in [2.75, 3.05) is 86.7 Å². The number of amides is 5. The van der Waals surface area contributed by atoms with Crippen LogP contribution in [-0.2, 0) is 49.0 Å². The number of para-hydroxylation sites is 4. The number of nitrogens with one attached hydrogen (secondary N) is 1. The Hall–Kier alpha value is -8.54. The fourth-order valence-electron chi connectivity index (χ4n) is 12.8. The van der Waals surface area contributed by atoms with Crippen LogP contribution in [0, 0.1) is 0 Å². The van der Waals surface area contributed by atoms with Crippen LogP contribution in [0.4, 0.5) is 22.7 Å². The van der Waals surface area contributed by atoms with Crippen molar-refractivity contribution in [1.29, 1.82) is 0 Å². The van der Waals surface area contributed by atoms with E-state index in [-0.39, 0.29) is 61.7 Å². The minimum atomic E-state index is -4.30. The second-order valence-corrected chi connectivity index (χ2v) is 35.7. The Morgan fingerprint density at radius 1 is 0.622 bits per heavy atom. The van der Waals surface area contributed by atoms with Gasteiger partial charge in [0.15, 0.2) is 17.3 Å². The van der Waals surface area contributed by atoms with Crippen LogP contribution in [0.5, 0.6) is 5.75 Å². The quantitative estimate of drug-likeness (QED) is 0.0550. The molecule has 111 heavy (non-hydrogen) atoms. The average Bonchev–Trinajstić information content (AvgIpc) is 1.60. The minimum absolute atomic E-state index is 0.0306. The minimum Gasteiger partial charge on any atom is -0.439 e. The van der Waals surface area contributed by atoms with Gasteiger partial charge in [-0.05, 0) is 180 Å². The van der Waals surface area contributed by atoms with Crippen LogP contribution in [0.3, 0.4) is 0 Å². The number of nitrogens with zero attached hydrogens (tertiary/aromatic N) is 10. The molecule has 6 fully saturated rings. The molecule has 2 N–H and O–H groups in total. The topological polar surface area (TPSA) is 221 Å². The predicted octanol–water partition coefficient (Wildman–Crippen LogP) is 15.3. The Labute approximate surface area is 691 Å². The molecule has 0 aromatic heterocycles. The van der Waals surface area contributed by atoms with Gasteiger partial charge >= 0.3 is 0 Å². The van der Waals surface area contributed by atoms with Gasteiger partial charge in [0, 0.05) is 105 Å². The molecule has 6 saturated heterocycles. The van der Waals surface area contributed by atoms with E-state index in [0.29, 0.717) is 66.5 Å². The number of hydrazone groups is 1. The Bertz CT molecular complexity index is 4960. The molecule has 0 bridgehead atoms. The Morgan fingerprint density at radius 2 is 1.17 bits per heavy atom. The van der Waals surface area contributed by atoms with Crippen LogP contribution in [0.25, 0.3) is 0 Å². The smallest absolute Gasteiger partial charge is 0.297 e. The fraction of sp³-hybridized carbons (Fsp3) is 0.291. The summed E-state index contributed by atoms with van der Waals surface area (Å²) in [7, 11) is 1.87. The van der Waals surface area contributed by atoms with Gasteiger partial charge in [-0.25, -0.2) is 0 Å². The SMILES string of the molecule is C=CCN1C(=O)/C(=C\C=C2\N(C)c3ccccc3C2(C)C)OC1=S.CC1CN(C)/C(=C/C=C2/SC(=S)NC2=O)S1.CCN1/C(=C/C(C)=C2\C(=O)N(c3ccc(S(=O)(=O)O)cc3)N=C2C)Sc2ccccc21.CCN1C(=O)/C(=C\C=C2/Oc3ccccc3N2CC)OC1=S.CCN1C(=O)/C(=C\C=C2/SC(C)CN2C)SC1=S. The second-order valence-electron chi connectivity index (χ2n) is 26.2. The number of benzene rings is 4. The summed E-state index contributed by atoms with van der Waals surface area (Å²) >= 11 is 28.3. The zero-order valence-corrected chi connectivity index (χ0v) is 71.6. The number of thioether (sulfide) groups is 5. The number of allylic oxidation sites excluding steroid dienone is 11. The van der Waals surface area contributed by atoms with Gasteiger partial charge in [-0.1, -0.05) is 136 Å². The highest BCUT2D eigenvalue weighted by Gasteiger charge is 2.40. The number of ether oxygens (including phenoxy) is 3. The van der Waals surface area contributed by atoms with Gasteiger partial charge in [-0.15, -0.1) is 30.1 Å². The molecule has 4 aromatic carbocycles. The van der Waals surface area contributed by atoms with E-state index in [1.165, 1.54) is 88.8 Å². The van der Waals surface area contributed by atoms with E-state index < -0.39 is 10.1 Å². The molecule has 0 radical (unpaired) electrons. The highest BCUT2D eigenvalue weighted by atomic mass is 32.2. The number of hydrogen-bond acceptors (Lipinski definition) is 25. The van der Waals surface area contributed by atoms with Crippen molar-refractivity contribution in [2.24, 2.45) is 5.10 Å². The molecule has 0 saturated carbocycles. The first-order chi connectivity index (χ1) is 52.8. The van der Waals surface area contributed by atoms with E-state index in [1.807, 2.05) is 148 Å². The number of rotatable bonds is 13. The normalized spacial score (nSPS) is 23.4. The van der Waals surface area contributed by atoms with Crippen LogP contribution >= 0.6 is 108 Å². The van der Waals surface area contributed by atoms with Gasteiger partial charge in [0.25, 0.3) is 50.0 Å². The van der Waals surface area contributed by atoms with Crippen molar-refractivity contribution < 1.29 is 51.2 Å². The molecule has 2 atom stereocenters. The summed E-state index contributed by atoms with van der Waals surface area (Å²) in [6, 6.07) is 29.7. The number of fused-ring (bicyclic) bond motifs is 3. The molecular formula is C79H85N11O11S10. The van der Waals surface area contributed by atoms with Crippen molar-refractivity contribution in [3.63, 3.8) is 0 Å². The number of hydrogen-bond donors (Lipinski definition) is 2. The first-order valence-corrected chi connectivity index (χ1v) is 42.6. The van der Waals surface area contributed by atoms with Crippen LogP contribution in [0.2, 0.25) is 0 Å². The molecule has 0 spiro atoms. The molecule has 10 heterocycles. The summed E-state index contributed by atoms with van der Waals surface area (Å²) in [5, 5.41) is 13.3. The molecule has 14 rings (SSSR count). The maximum atomic E-state index is 13.1. The van der Waals surface area contributed by atoms with Crippen LogP contribution in [0.15, 0.2) is 238 Å². The fourth-order valence-corrected chi connectivity index (χ4v) is 19.6. The molecule has 10 aliphatic heterocycles. The van der Waals surface area contributed by atoms with Crippen LogP contribution in [0.1, 0.15) is 74.8 Å². The molecule has 5 amide bonds. The molecular weight excluding hydrogens is 1600 g/mol. The van der Waals surface area contributed by atoms with Gasteiger partial charge in [0.2, 0.25) is 5.88 Å². The Balaban J connectivity index is 0.000000150. The maximum Gasteiger partial charge on any atom is 0.297 e.